The maximum Gasteiger partial charge on any atom is 0.158 e. The highest BCUT2D eigenvalue weighted by Gasteiger charge is 2.00. The van der Waals surface area contributed by atoms with Crippen LogP contribution in [0.15, 0.2) is 11.6 Å². The van der Waals surface area contributed by atoms with Crippen molar-refractivity contribution in [2.45, 2.75) is 33.6 Å². The van der Waals surface area contributed by atoms with E-state index in [-0.39, 0.29) is 5.78 Å². The molecule has 0 aromatic rings. The summed E-state index contributed by atoms with van der Waals surface area (Å²) in [5, 5.41) is 0. The molecule has 0 rings (SSSR count). The summed E-state index contributed by atoms with van der Waals surface area (Å²) in [6.45, 7) is 5.80. The van der Waals surface area contributed by atoms with Gasteiger partial charge in [-0.05, 0) is 18.9 Å². The number of carbonyl (C=O) groups is 1. The Kier molecular flexibility index (Phi) is 4.02. The van der Waals surface area contributed by atoms with E-state index in [1.54, 1.807) is 0 Å². The van der Waals surface area contributed by atoms with E-state index >= 15 is 0 Å². The normalized spacial score (nSPS) is 11.7. The van der Waals surface area contributed by atoms with E-state index in [2.05, 4.69) is 0 Å². The van der Waals surface area contributed by atoms with Crippen molar-refractivity contribution in [2.75, 3.05) is 0 Å². The van der Waals surface area contributed by atoms with Gasteiger partial charge in [-0.1, -0.05) is 19.9 Å². The Morgan fingerprint density at radius 1 is 1.33 bits per heavy atom. The van der Waals surface area contributed by atoms with E-state index in [1.807, 2.05) is 26.8 Å². The van der Waals surface area contributed by atoms with Crippen LogP contribution in [0.5, 0.6) is 0 Å². The molecule has 0 unspecified atom stereocenters. The Hall–Kier alpha value is -0.590. The summed E-state index contributed by atoms with van der Waals surface area (Å²) < 4.78 is 0. The first-order valence-corrected chi connectivity index (χ1v) is 3.44. The van der Waals surface area contributed by atoms with Gasteiger partial charge < -0.3 is 0 Å². The standard InChI is InChI=1S/C8H14O/c1-4-7(5-2)8(9)6-3/h4H,5-6H2,1-3H3/b7-4+. The number of ketones is 1. The minimum Gasteiger partial charge on any atom is -0.295 e. The molecule has 0 aliphatic heterocycles. The summed E-state index contributed by atoms with van der Waals surface area (Å²) in [6.07, 6.45) is 3.39. The zero-order valence-corrected chi connectivity index (χ0v) is 6.40. The average Bonchev–Trinajstić information content (AvgIpc) is 1.90. The molecule has 0 aromatic heterocycles. The quantitative estimate of drug-likeness (QED) is 0.530. The van der Waals surface area contributed by atoms with Gasteiger partial charge in [-0.25, -0.2) is 0 Å². The van der Waals surface area contributed by atoms with Crippen LogP contribution in [0.25, 0.3) is 0 Å². The Labute approximate surface area is 56.8 Å². The van der Waals surface area contributed by atoms with Crippen LogP contribution in [0, 0.1) is 0 Å². The molecule has 0 fully saturated rings. The first kappa shape index (κ1) is 8.41. The first-order valence-electron chi connectivity index (χ1n) is 3.44. The second-order valence-corrected chi connectivity index (χ2v) is 1.94. The number of allylic oxidation sites excluding steroid dienone is 2. The lowest BCUT2D eigenvalue weighted by Gasteiger charge is -1.96. The van der Waals surface area contributed by atoms with Crippen LogP contribution in [0.2, 0.25) is 0 Å². The first-order chi connectivity index (χ1) is 4.26. The molecule has 0 saturated heterocycles. The predicted octanol–water partition coefficient (Wildman–Crippen LogP) is 2.32. The molecule has 0 N–H and O–H groups in total. The molecule has 9 heavy (non-hydrogen) atoms. The number of carbonyl (C=O) groups excluding carboxylic acids is 1. The molecule has 0 atom stereocenters. The summed E-state index contributed by atoms with van der Waals surface area (Å²) >= 11 is 0. The topological polar surface area (TPSA) is 17.1 Å². The van der Waals surface area contributed by atoms with Crippen molar-refractivity contribution >= 4 is 5.78 Å². The van der Waals surface area contributed by atoms with Gasteiger partial charge in [0.25, 0.3) is 0 Å². The summed E-state index contributed by atoms with van der Waals surface area (Å²) in [5.41, 5.74) is 0.956. The molecule has 0 aliphatic rings. The molecule has 0 bridgehead atoms. The third-order valence-electron chi connectivity index (χ3n) is 1.41. The summed E-state index contributed by atoms with van der Waals surface area (Å²) in [5.74, 6) is 0.278. The van der Waals surface area contributed by atoms with Gasteiger partial charge in [-0.15, -0.1) is 0 Å². The van der Waals surface area contributed by atoms with Crippen molar-refractivity contribution in [1.82, 2.24) is 0 Å². The van der Waals surface area contributed by atoms with E-state index in [9.17, 15) is 4.79 Å². The number of rotatable bonds is 3. The lowest BCUT2D eigenvalue weighted by molar-refractivity contribution is -0.115. The van der Waals surface area contributed by atoms with Crippen LogP contribution in [-0.2, 0) is 4.79 Å². The van der Waals surface area contributed by atoms with Crippen molar-refractivity contribution in [2.24, 2.45) is 0 Å². The van der Waals surface area contributed by atoms with E-state index < -0.39 is 0 Å². The third-order valence-corrected chi connectivity index (χ3v) is 1.41. The molecular formula is C8H14O. The highest BCUT2D eigenvalue weighted by atomic mass is 16.1. The van der Waals surface area contributed by atoms with Gasteiger partial charge in [0.2, 0.25) is 0 Å². The molecule has 0 radical (unpaired) electrons. The lowest BCUT2D eigenvalue weighted by atomic mass is 10.1. The summed E-state index contributed by atoms with van der Waals surface area (Å²) in [4.78, 5) is 10.9. The molecule has 0 amide bonds. The van der Waals surface area contributed by atoms with Crippen LogP contribution in [-0.4, -0.2) is 5.78 Å². The van der Waals surface area contributed by atoms with Gasteiger partial charge in [0, 0.05) is 6.42 Å². The fourth-order valence-electron chi connectivity index (χ4n) is 0.789. The molecule has 0 saturated carbocycles. The maximum absolute atomic E-state index is 10.9. The van der Waals surface area contributed by atoms with E-state index in [1.165, 1.54) is 0 Å². The summed E-state index contributed by atoms with van der Waals surface area (Å²) in [7, 11) is 0. The number of hydrogen-bond acceptors (Lipinski definition) is 1. The van der Waals surface area contributed by atoms with Crippen molar-refractivity contribution in [1.29, 1.82) is 0 Å². The van der Waals surface area contributed by atoms with Crippen LogP contribution in [0.4, 0.5) is 0 Å². The monoisotopic (exact) mass is 126 g/mol. The third kappa shape index (κ3) is 2.45. The molecular weight excluding hydrogens is 112 g/mol. The van der Waals surface area contributed by atoms with E-state index in [0.29, 0.717) is 6.42 Å². The van der Waals surface area contributed by atoms with Gasteiger partial charge in [0.1, 0.15) is 0 Å². The number of Topliss-reactive ketones (excluding diaryl/α,β-unsaturated/α-hetero) is 1. The van der Waals surface area contributed by atoms with Gasteiger partial charge in [0.05, 0.1) is 0 Å². The Bertz CT molecular complexity index is 123. The second kappa shape index (κ2) is 4.30. The lowest BCUT2D eigenvalue weighted by Crippen LogP contribution is -1.98. The van der Waals surface area contributed by atoms with Crippen molar-refractivity contribution in [3.8, 4) is 0 Å². The highest BCUT2D eigenvalue weighted by molar-refractivity contribution is 5.94. The molecule has 1 heteroatoms. The van der Waals surface area contributed by atoms with E-state index in [4.69, 9.17) is 0 Å². The Morgan fingerprint density at radius 2 is 1.89 bits per heavy atom. The van der Waals surface area contributed by atoms with Crippen molar-refractivity contribution in [3.63, 3.8) is 0 Å². The van der Waals surface area contributed by atoms with Crippen molar-refractivity contribution < 1.29 is 4.79 Å². The molecule has 0 heterocycles. The van der Waals surface area contributed by atoms with Crippen LogP contribution < -0.4 is 0 Å². The maximum atomic E-state index is 10.9. The van der Waals surface area contributed by atoms with Gasteiger partial charge in [-0.2, -0.15) is 0 Å². The molecule has 1 nitrogen and oxygen atoms in total. The van der Waals surface area contributed by atoms with Crippen LogP contribution >= 0.6 is 0 Å². The van der Waals surface area contributed by atoms with Gasteiger partial charge in [-0.3, -0.25) is 4.79 Å². The zero-order valence-electron chi connectivity index (χ0n) is 6.40. The second-order valence-electron chi connectivity index (χ2n) is 1.94. The fraction of sp³-hybridized carbons (Fsp3) is 0.625. The smallest absolute Gasteiger partial charge is 0.158 e. The molecule has 0 aromatic carbocycles. The molecule has 0 spiro atoms. The van der Waals surface area contributed by atoms with Gasteiger partial charge in [0.15, 0.2) is 5.78 Å². The van der Waals surface area contributed by atoms with Crippen LogP contribution in [0.1, 0.15) is 33.6 Å². The largest absolute Gasteiger partial charge is 0.295 e. The van der Waals surface area contributed by atoms with Crippen molar-refractivity contribution in [3.05, 3.63) is 11.6 Å². The SMILES string of the molecule is C/C=C(\CC)C(=O)CC. The van der Waals surface area contributed by atoms with Crippen LogP contribution in [0.3, 0.4) is 0 Å². The Balaban J connectivity index is 3.97. The highest BCUT2D eigenvalue weighted by Crippen LogP contribution is 2.03. The minimum absolute atomic E-state index is 0.278. The van der Waals surface area contributed by atoms with Gasteiger partial charge >= 0.3 is 0 Å². The average molecular weight is 126 g/mol. The Morgan fingerprint density at radius 3 is 2.00 bits per heavy atom. The predicted molar refractivity (Wildman–Crippen MR) is 39.3 cm³/mol. The summed E-state index contributed by atoms with van der Waals surface area (Å²) in [6, 6.07) is 0. The number of hydrogen-bond donors (Lipinski definition) is 0. The zero-order chi connectivity index (χ0) is 7.28. The molecule has 52 valence electrons. The minimum atomic E-state index is 0.278. The molecule has 0 aliphatic carbocycles. The fourth-order valence-corrected chi connectivity index (χ4v) is 0.789. The van der Waals surface area contributed by atoms with E-state index in [0.717, 1.165) is 12.0 Å².